The molecule has 0 bridgehead atoms. The molecule has 2 aromatic heterocycles. The number of hydrogen-bond donors (Lipinski definition) is 2. The first-order valence-electron chi connectivity index (χ1n) is 11.1. The molecule has 0 aliphatic rings. The number of aromatic amines is 1. The summed E-state index contributed by atoms with van der Waals surface area (Å²) in [5.41, 5.74) is 1.49. The van der Waals surface area contributed by atoms with Gasteiger partial charge in [-0.25, -0.2) is 4.98 Å². The maximum absolute atomic E-state index is 12.7. The van der Waals surface area contributed by atoms with Crippen molar-refractivity contribution in [1.82, 2.24) is 9.97 Å². The van der Waals surface area contributed by atoms with Crippen LogP contribution < -0.4 is 10.1 Å². The number of benzene rings is 1. The third-order valence-corrected chi connectivity index (χ3v) is 5.30. The average molecular weight is 436 g/mol. The van der Waals surface area contributed by atoms with Gasteiger partial charge in [0.25, 0.3) is 5.91 Å². The SMILES string of the molecule is CCCCC(C)(C)Oc1ccc(C(=O)Nc2cnc3[nH]c(C(=O)C(C)(C)C)cc3c2)cc1. The van der Waals surface area contributed by atoms with Crippen LogP contribution in [-0.4, -0.2) is 27.3 Å². The number of carbonyl (C=O) groups is 2. The first-order chi connectivity index (χ1) is 15.0. The summed E-state index contributed by atoms with van der Waals surface area (Å²) in [6.07, 6.45) is 4.79. The normalized spacial score (nSPS) is 12.1. The molecule has 0 saturated heterocycles. The van der Waals surface area contributed by atoms with Crippen molar-refractivity contribution in [3.63, 3.8) is 0 Å². The molecule has 0 fully saturated rings. The van der Waals surface area contributed by atoms with E-state index in [9.17, 15) is 9.59 Å². The van der Waals surface area contributed by atoms with Gasteiger partial charge in [0.1, 0.15) is 17.0 Å². The van der Waals surface area contributed by atoms with Crippen molar-refractivity contribution in [3.05, 3.63) is 53.9 Å². The fourth-order valence-corrected chi connectivity index (χ4v) is 3.46. The lowest BCUT2D eigenvalue weighted by atomic mass is 9.89. The summed E-state index contributed by atoms with van der Waals surface area (Å²) in [4.78, 5) is 32.6. The maximum atomic E-state index is 12.7. The Hall–Kier alpha value is -3.15. The molecule has 0 spiro atoms. The number of hydrogen-bond acceptors (Lipinski definition) is 4. The molecule has 1 aromatic carbocycles. The number of unbranched alkanes of at least 4 members (excludes halogenated alkanes) is 1. The van der Waals surface area contributed by atoms with E-state index < -0.39 is 5.41 Å². The van der Waals surface area contributed by atoms with Gasteiger partial charge in [-0.05, 0) is 63.1 Å². The summed E-state index contributed by atoms with van der Waals surface area (Å²) < 4.78 is 6.08. The number of Topliss-reactive ketones (excluding diaryl/α,β-unsaturated/α-hetero) is 1. The number of aromatic nitrogens is 2. The summed E-state index contributed by atoms with van der Waals surface area (Å²) in [6, 6.07) is 10.7. The number of ether oxygens (including phenoxy) is 1. The number of ketones is 1. The number of carbonyl (C=O) groups excluding carboxylic acids is 2. The highest BCUT2D eigenvalue weighted by Crippen LogP contribution is 2.25. The highest BCUT2D eigenvalue weighted by molar-refractivity contribution is 6.05. The lowest BCUT2D eigenvalue weighted by Gasteiger charge is -2.26. The van der Waals surface area contributed by atoms with E-state index in [1.807, 2.05) is 39.0 Å². The molecule has 0 aliphatic carbocycles. The lowest BCUT2D eigenvalue weighted by Crippen LogP contribution is -2.27. The highest BCUT2D eigenvalue weighted by atomic mass is 16.5. The predicted molar refractivity (Wildman–Crippen MR) is 129 cm³/mol. The van der Waals surface area contributed by atoms with Gasteiger partial charge in [0.05, 0.1) is 17.6 Å². The molecule has 170 valence electrons. The van der Waals surface area contributed by atoms with Crippen LogP contribution in [0.15, 0.2) is 42.6 Å². The van der Waals surface area contributed by atoms with Crippen LogP contribution in [0.5, 0.6) is 5.75 Å². The number of nitrogens with zero attached hydrogens (tertiary/aromatic N) is 1. The second-order valence-electron chi connectivity index (χ2n) is 9.87. The molecule has 32 heavy (non-hydrogen) atoms. The van der Waals surface area contributed by atoms with E-state index in [1.165, 1.54) is 0 Å². The number of anilines is 1. The molecule has 0 atom stereocenters. The van der Waals surface area contributed by atoms with Crippen molar-refractivity contribution in [2.24, 2.45) is 5.41 Å². The van der Waals surface area contributed by atoms with Crippen molar-refractivity contribution in [3.8, 4) is 5.75 Å². The van der Waals surface area contributed by atoms with Gasteiger partial charge in [0, 0.05) is 16.4 Å². The lowest BCUT2D eigenvalue weighted by molar-refractivity contribution is 0.0853. The molecule has 6 nitrogen and oxygen atoms in total. The van der Waals surface area contributed by atoms with Crippen LogP contribution in [0.4, 0.5) is 5.69 Å². The Balaban J connectivity index is 1.69. The number of fused-ring (bicyclic) bond motifs is 1. The number of amides is 1. The van der Waals surface area contributed by atoms with Gasteiger partial charge in [0.2, 0.25) is 0 Å². The van der Waals surface area contributed by atoms with Gasteiger partial charge in [-0.1, -0.05) is 34.1 Å². The predicted octanol–water partition coefficient (Wildman–Crippen LogP) is 6.39. The van der Waals surface area contributed by atoms with Crippen molar-refractivity contribution in [1.29, 1.82) is 0 Å². The van der Waals surface area contributed by atoms with E-state index in [-0.39, 0.29) is 17.3 Å². The standard InChI is InChI=1S/C26H33N3O3/c1-7-8-13-26(5,6)32-20-11-9-17(10-12-20)24(31)28-19-14-18-15-21(22(30)25(2,3)4)29-23(18)27-16-19/h9-12,14-16H,7-8,13H2,1-6H3,(H,27,29)(H,28,31). The van der Waals surface area contributed by atoms with E-state index in [0.717, 1.165) is 30.4 Å². The molecule has 3 aromatic rings. The van der Waals surface area contributed by atoms with Crippen LogP contribution in [-0.2, 0) is 0 Å². The Morgan fingerprint density at radius 1 is 1.06 bits per heavy atom. The molecular formula is C26H33N3O3. The maximum Gasteiger partial charge on any atom is 0.255 e. The Kier molecular flexibility index (Phi) is 6.72. The van der Waals surface area contributed by atoms with Crippen LogP contribution >= 0.6 is 0 Å². The van der Waals surface area contributed by atoms with E-state index in [2.05, 4.69) is 36.1 Å². The zero-order valence-electron chi connectivity index (χ0n) is 19.8. The first-order valence-corrected chi connectivity index (χ1v) is 11.1. The zero-order valence-corrected chi connectivity index (χ0v) is 19.8. The molecule has 3 rings (SSSR count). The molecule has 2 heterocycles. The molecule has 0 radical (unpaired) electrons. The Bertz CT molecular complexity index is 1110. The second-order valence-corrected chi connectivity index (χ2v) is 9.87. The van der Waals surface area contributed by atoms with Crippen molar-refractivity contribution < 1.29 is 14.3 Å². The summed E-state index contributed by atoms with van der Waals surface area (Å²) in [5.74, 6) is 0.528. The first kappa shape index (κ1) is 23.5. The third kappa shape index (κ3) is 5.75. The Labute approximate surface area is 189 Å². The van der Waals surface area contributed by atoms with Gasteiger partial charge >= 0.3 is 0 Å². The third-order valence-electron chi connectivity index (χ3n) is 5.30. The van der Waals surface area contributed by atoms with Crippen LogP contribution in [0, 0.1) is 5.41 Å². The number of nitrogens with one attached hydrogen (secondary N) is 2. The van der Waals surface area contributed by atoms with Crippen molar-refractivity contribution >= 4 is 28.4 Å². The monoisotopic (exact) mass is 435 g/mol. The topological polar surface area (TPSA) is 84.1 Å². The number of pyridine rings is 1. The van der Waals surface area contributed by atoms with Crippen LogP contribution in [0.25, 0.3) is 11.0 Å². The van der Waals surface area contributed by atoms with Crippen LogP contribution in [0.3, 0.4) is 0 Å². The molecule has 6 heteroatoms. The summed E-state index contributed by atoms with van der Waals surface area (Å²) >= 11 is 0. The molecule has 0 saturated carbocycles. The highest BCUT2D eigenvalue weighted by Gasteiger charge is 2.24. The minimum atomic E-state index is -0.487. The van der Waals surface area contributed by atoms with Gasteiger partial charge in [0.15, 0.2) is 5.78 Å². The van der Waals surface area contributed by atoms with E-state index in [0.29, 0.717) is 22.6 Å². The van der Waals surface area contributed by atoms with Crippen LogP contribution in [0.1, 0.15) is 81.7 Å². The quantitative estimate of drug-likeness (QED) is 0.401. The average Bonchev–Trinajstić information content (AvgIpc) is 3.14. The Morgan fingerprint density at radius 3 is 2.38 bits per heavy atom. The van der Waals surface area contributed by atoms with Gasteiger partial charge in [-0.15, -0.1) is 0 Å². The molecule has 0 unspecified atom stereocenters. The van der Waals surface area contributed by atoms with Crippen molar-refractivity contribution in [2.75, 3.05) is 5.32 Å². The van der Waals surface area contributed by atoms with Gasteiger partial charge in [-0.3, -0.25) is 9.59 Å². The zero-order chi connectivity index (χ0) is 23.5. The van der Waals surface area contributed by atoms with Crippen molar-refractivity contribution in [2.45, 2.75) is 66.4 Å². The summed E-state index contributed by atoms with van der Waals surface area (Å²) in [5, 5.41) is 3.65. The summed E-state index contributed by atoms with van der Waals surface area (Å²) in [7, 11) is 0. The minimum Gasteiger partial charge on any atom is -0.488 e. The fraction of sp³-hybridized carbons (Fsp3) is 0.423. The molecule has 0 aliphatic heterocycles. The smallest absolute Gasteiger partial charge is 0.255 e. The molecule has 2 N–H and O–H groups in total. The van der Waals surface area contributed by atoms with Gasteiger partial charge in [-0.2, -0.15) is 0 Å². The number of H-pyrrole nitrogens is 1. The van der Waals surface area contributed by atoms with Crippen LogP contribution in [0.2, 0.25) is 0 Å². The minimum absolute atomic E-state index is 0.0151. The van der Waals surface area contributed by atoms with E-state index in [1.54, 1.807) is 24.4 Å². The van der Waals surface area contributed by atoms with E-state index >= 15 is 0 Å². The fourth-order valence-electron chi connectivity index (χ4n) is 3.46. The summed E-state index contributed by atoms with van der Waals surface area (Å²) in [6.45, 7) is 12.0. The molecular weight excluding hydrogens is 402 g/mol. The second kappa shape index (κ2) is 9.15. The van der Waals surface area contributed by atoms with E-state index in [4.69, 9.17) is 4.74 Å². The largest absolute Gasteiger partial charge is 0.488 e. The van der Waals surface area contributed by atoms with Gasteiger partial charge < -0.3 is 15.0 Å². The Morgan fingerprint density at radius 2 is 1.75 bits per heavy atom. The number of rotatable bonds is 8. The molecule has 1 amide bonds.